The van der Waals surface area contributed by atoms with Crippen LogP contribution in [0.25, 0.3) is 5.65 Å². The second-order valence-corrected chi connectivity index (χ2v) is 3.71. The average molecular weight is 241 g/mol. The second kappa shape index (κ2) is 4.07. The van der Waals surface area contributed by atoms with E-state index in [0.717, 1.165) is 0 Å². The van der Waals surface area contributed by atoms with Crippen molar-refractivity contribution in [2.45, 2.75) is 12.5 Å². The molecule has 3 N–H and O–H groups in total. The Morgan fingerprint density at radius 2 is 2.31 bits per heavy atom. The molecule has 0 aliphatic carbocycles. The molecule has 2 aromatic rings. The number of nitrogens with two attached hydrogens (primary N) is 1. The smallest absolute Gasteiger partial charge is 0.305 e. The van der Waals surface area contributed by atoms with Gasteiger partial charge in [-0.2, -0.15) is 0 Å². The summed E-state index contributed by atoms with van der Waals surface area (Å²) < 4.78 is 1.64. The molecule has 0 radical (unpaired) electrons. The largest absolute Gasteiger partial charge is 0.481 e. The summed E-state index contributed by atoms with van der Waals surface area (Å²) in [6.45, 7) is 0. The molecule has 2 rings (SSSR count). The Morgan fingerprint density at radius 3 is 3.00 bits per heavy atom. The molecule has 0 amide bonds. The number of carboxylic acid groups (broad SMARTS) is 1. The van der Waals surface area contributed by atoms with Crippen LogP contribution in [-0.2, 0) is 4.79 Å². The molecule has 0 aliphatic heterocycles. The summed E-state index contributed by atoms with van der Waals surface area (Å²) in [5, 5.41) is 8.96. The molecule has 1 atom stereocenters. The number of nitrogens with zero attached hydrogens (tertiary/aromatic N) is 3. The molecule has 16 heavy (non-hydrogen) atoms. The minimum atomic E-state index is -0.956. The first-order valence-electron chi connectivity index (χ1n) is 4.54. The SMILES string of the molecule is NC(CC(=O)O)c1cnc2cnc(Cl)cn12. The molecule has 0 saturated heterocycles. The lowest BCUT2D eigenvalue weighted by Gasteiger charge is -2.08. The van der Waals surface area contributed by atoms with Gasteiger partial charge in [0.25, 0.3) is 0 Å². The molecule has 0 fully saturated rings. The monoisotopic (exact) mass is 240 g/mol. The van der Waals surface area contributed by atoms with E-state index in [-0.39, 0.29) is 6.42 Å². The molecule has 0 bridgehead atoms. The highest BCUT2D eigenvalue weighted by atomic mass is 35.5. The minimum absolute atomic E-state index is 0.159. The number of hydrogen-bond acceptors (Lipinski definition) is 4. The molecule has 0 aliphatic rings. The summed E-state index contributed by atoms with van der Waals surface area (Å²) in [7, 11) is 0. The normalized spacial score (nSPS) is 12.9. The van der Waals surface area contributed by atoms with E-state index >= 15 is 0 Å². The third kappa shape index (κ3) is 1.98. The van der Waals surface area contributed by atoms with Gasteiger partial charge in [0.2, 0.25) is 0 Å². The van der Waals surface area contributed by atoms with E-state index in [9.17, 15) is 4.79 Å². The summed E-state index contributed by atoms with van der Waals surface area (Å²) in [5.41, 5.74) is 6.93. The van der Waals surface area contributed by atoms with E-state index in [0.29, 0.717) is 16.5 Å². The van der Waals surface area contributed by atoms with Gasteiger partial charge in [-0.15, -0.1) is 0 Å². The van der Waals surface area contributed by atoms with E-state index < -0.39 is 12.0 Å². The van der Waals surface area contributed by atoms with Gasteiger partial charge in [0.05, 0.1) is 30.6 Å². The lowest BCUT2D eigenvalue weighted by molar-refractivity contribution is -0.137. The van der Waals surface area contributed by atoms with Crippen molar-refractivity contribution in [2.75, 3.05) is 0 Å². The van der Waals surface area contributed by atoms with Crippen molar-refractivity contribution in [1.29, 1.82) is 0 Å². The first-order chi connectivity index (χ1) is 7.58. The number of carboxylic acids is 1. The first kappa shape index (κ1) is 10.8. The van der Waals surface area contributed by atoms with Crippen molar-refractivity contribution in [2.24, 2.45) is 5.73 Å². The Labute approximate surface area is 95.7 Å². The van der Waals surface area contributed by atoms with Crippen LogP contribution in [0.1, 0.15) is 18.2 Å². The third-order valence-electron chi connectivity index (χ3n) is 2.17. The molecule has 6 nitrogen and oxygen atoms in total. The predicted octanol–water partition coefficient (Wildman–Crippen LogP) is 0.857. The summed E-state index contributed by atoms with van der Waals surface area (Å²) in [6.07, 6.45) is 4.43. The highest BCUT2D eigenvalue weighted by Crippen LogP contribution is 2.17. The van der Waals surface area contributed by atoms with Crippen molar-refractivity contribution in [3.63, 3.8) is 0 Å². The molecular weight excluding hydrogens is 232 g/mol. The Balaban J connectivity index is 2.44. The van der Waals surface area contributed by atoms with Gasteiger partial charge in [-0.25, -0.2) is 9.97 Å². The van der Waals surface area contributed by atoms with Crippen LogP contribution < -0.4 is 5.73 Å². The number of aliphatic carboxylic acids is 1. The van der Waals surface area contributed by atoms with Crippen LogP contribution in [-0.4, -0.2) is 25.4 Å². The number of rotatable bonds is 3. The van der Waals surface area contributed by atoms with Crippen molar-refractivity contribution < 1.29 is 9.90 Å². The number of fused-ring (bicyclic) bond motifs is 1. The number of halogens is 1. The zero-order valence-corrected chi connectivity index (χ0v) is 8.92. The maximum atomic E-state index is 10.6. The van der Waals surface area contributed by atoms with Crippen molar-refractivity contribution in [1.82, 2.24) is 14.4 Å². The standard InChI is InChI=1S/C9H9ClN4O2/c10-7-4-14-6(5(11)1-9(15)16)2-13-8(14)3-12-7/h2-5H,1,11H2,(H,15,16). The molecular formula is C9H9ClN4O2. The van der Waals surface area contributed by atoms with E-state index in [4.69, 9.17) is 22.4 Å². The van der Waals surface area contributed by atoms with Gasteiger partial charge in [-0.05, 0) is 0 Å². The fourth-order valence-electron chi connectivity index (χ4n) is 1.45. The van der Waals surface area contributed by atoms with Gasteiger partial charge in [0.1, 0.15) is 5.15 Å². The Bertz CT molecular complexity index is 539. The first-order valence-corrected chi connectivity index (χ1v) is 4.91. The second-order valence-electron chi connectivity index (χ2n) is 3.33. The van der Waals surface area contributed by atoms with Crippen LogP contribution in [0.5, 0.6) is 0 Å². The van der Waals surface area contributed by atoms with Crippen LogP contribution in [0.4, 0.5) is 0 Å². The highest BCUT2D eigenvalue weighted by Gasteiger charge is 2.15. The van der Waals surface area contributed by atoms with Crippen molar-refractivity contribution >= 4 is 23.2 Å². The summed E-state index contributed by atoms with van der Waals surface area (Å²) in [5.74, 6) is -0.956. The Hall–Kier alpha value is -1.66. The van der Waals surface area contributed by atoms with E-state index in [1.807, 2.05) is 0 Å². The van der Waals surface area contributed by atoms with Gasteiger partial charge >= 0.3 is 5.97 Å². The maximum Gasteiger partial charge on any atom is 0.305 e. The van der Waals surface area contributed by atoms with Crippen LogP contribution in [0.2, 0.25) is 5.15 Å². The molecule has 1 unspecified atom stereocenters. The quantitative estimate of drug-likeness (QED) is 0.830. The van der Waals surface area contributed by atoms with Gasteiger partial charge in [-0.1, -0.05) is 11.6 Å². The van der Waals surface area contributed by atoms with Crippen molar-refractivity contribution in [3.05, 3.63) is 29.4 Å². The Morgan fingerprint density at radius 1 is 1.56 bits per heavy atom. The van der Waals surface area contributed by atoms with E-state index in [1.165, 1.54) is 12.4 Å². The van der Waals surface area contributed by atoms with E-state index in [1.54, 1.807) is 10.6 Å². The van der Waals surface area contributed by atoms with Gasteiger partial charge < -0.3 is 10.8 Å². The highest BCUT2D eigenvalue weighted by molar-refractivity contribution is 6.29. The molecule has 2 aromatic heterocycles. The summed E-state index contributed by atoms with van der Waals surface area (Å²) in [6, 6.07) is -0.619. The lowest BCUT2D eigenvalue weighted by Crippen LogP contribution is -2.16. The van der Waals surface area contributed by atoms with Crippen LogP contribution >= 0.6 is 11.6 Å². The lowest BCUT2D eigenvalue weighted by atomic mass is 10.2. The Kier molecular flexibility index (Phi) is 2.76. The van der Waals surface area contributed by atoms with Gasteiger partial charge in [0, 0.05) is 6.20 Å². The van der Waals surface area contributed by atoms with Crippen LogP contribution in [0, 0.1) is 0 Å². The van der Waals surface area contributed by atoms with Crippen molar-refractivity contribution in [3.8, 4) is 0 Å². The minimum Gasteiger partial charge on any atom is -0.481 e. The van der Waals surface area contributed by atoms with Gasteiger partial charge in [-0.3, -0.25) is 9.20 Å². The summed E-state index contributed by atoms with van der Waals surface area (Å²) in [4.78, 5) is 18.5. The third-order valence-corrected chi connectivity index (χ3v) is 2.36. The fraction of sp³-hybridized carbons (Fsp3) is 0.222. The number of carbonyl (C=O) groups is 1. The zero-order valence-electron chi connectivity index (χ0n) is 8.17. The van der Waals surface area contributed by atoms with Crippen LogP contribution in [0.3, 0.4) is 0 Å². The van der Waals surface area contributed by atoms with E-state index in [2.05, 4.69) is 9.97 Å². The summed E-state index contributed by atoms with van der Waals surface area (Å²) >= 11 is 5.74. The fourth-order valence-corrected chi connectivity index (χ4v) is 1.60. The zero-order chi connectivity index (χ0) is 11.7. The number of hydrogen-bond donors (Lipinski definition) is 2. The molecule has 0 saturated carbocycles. The molecule has 0 spiro atoms. The average Bonchev–Trinajstić information content (AvgIpc) is 2.59. The maximum absolute atomic E-state index is 10.6. The molecule has 7 heteroatoms. The topological polar surface area (TPSA) is 93.5 Å². The molecule has 2 heterocycles. The number of aromatic nitrogens is 3. The molecule has 84 valence electrons. The predicted molar refractivity (Wildman–Crippen MR) is 57.2 cm³/mol. The van der Waals surface area contributed by atoms with Crippen LogP contribution in [0.15, 0.2) is 18.6 Å². The number of imidazole rings is 1. The van der Waals surface area contributed by atoms with Gasteiger partial charge in [0.15, 0.2) is 5.65 Å². The molecule has 0 aromatic carbocycles.